The number of benzene rings is 1. The van der Waals surface area contributed by atoms with Gasteiger partial charge in [-0.1, -0.05) is 32.1 Å². The highest BCUT2D eigenvalue weighted by Crippen LogP contribution is 2.28. The van der Waals surface area contributed by atoms with Gasteiger partial charge in [-0.15, -0.1) is 0 Å². The summed E-state index contributed by atoms with van der Waals surface area (Å²) in [6, 6.07) is 5.16. The van der Waals surface area contributed by atoms with Crippen LogP contribution in [0.5, 0.6) is 11.5 Å². The molecule has 1 rings (SSSR count). The Hall–Kier alpha value is -2.38. The molecule has 7 heteroatoms. The number of ether oxygens (including phenoxy) is 3. The van der Waals surface area contributed by atoms with Crippen LogP contribution >= 0.6 is 0 Å². The minimum Gasteiger partial charge on any atom is -0.493 e. The number of allylic oxidation sites excluding steroid dienone is 2. The van der Waals surface area contributed by atoms with Gasteiger partial charge < -0.3 is 25.3 Å². The van der Waals surface area contributed by atoms with Gasteiger partial charge in [0.15, 0.2) is 11.5 Å². The lowest BCUT2D eigenvalue weighted by Gasteiger charge is -2.12. The predicted molar refractivity (Wildman–Crippen MR) is 113 cm³/mol. The van der Waals surface area contributed by atoms with E-state index in [4.69, 9.17) is 19.9 Å². The number of rotatable bonds is 14. The topological polar surface area (TPSA) is 99.9 Å². The van der Waals surface area contributed by atoms with Crippen LogP contribution in [0.15, 0.2) is 30.4 Å². The SMILES string of the molecule is COc1cc(CNC(=O)CCCC/C=C/C(C)C)ccc1OC(=O)COCCN. The molecule has 1 aromatic rings. The monoisotopic (exact) mass is 406 g/mol. The van der Waals surface area contributed by atoms with Crippen molar-refractivity contribution in [2.24, 2.45) is 11.7 Å². The van der Waals surface area contributed by atoms with Gasteiger partial charge in [-0.3, -0.25) is 4.79 Å². The molecule has 0 aromatic heterocycles. The molecule has 0 heterocycles. The highest BCUT2D eigenvalue weighted by atomic mass is 16.6. The number of hydrogen-bond acceptors (Lipinski definition) is 6. The molecule has 0 bridgehead atoms. The third kappa shape index (κ3) is 11.3. The van der Waals surface area contributed by atoms with E-state index >= 15 is 0 Å². The minimum atomic E-state index is -0.527. The van der Waals surface area contributed by atoms with Gasteiger partial charge in [-0.2, -0.15) is 0 Å². The molecule has 0 radical (unpaired) electrons. The molecule has 0 unspecified atom stereocenters. The van der Waals surface area contributed by atoms with Crippen molar-refractivity contribution in [3.8, 4) is 11.5 Å². The Labute approximate surface area is 173 Å². The average molecular weight is 407 g/mol. The second-order valence-corrected chi connectivity index (χ2v) is 7.00. The molecule has 3 N–H and O–H groups in total. The highest BCUT2D eigenvalue weighted by molar-refractivity contribution is 5.76. The fourth-order valence-corrected chi connectivity index (χ4v) is 2.50. The van der Waals surface area contributed by atoms with Crippen LogP contribution in [0.3, 0.4) is 0 Å². The van der Waals surface area contributed by atoms with Crippen molar-refractivity contribution in [3.63, 3.8) is 0 Å². The number of methoxy groups -OCH3 is 1. The molecule has 0 saturated carbocycles. The third-order valence-electron chi connectivity index (χ3n) is 3.97. The van der Waals surface area contributed by atoms with Gasteiger partial charge in [0.1, 0.15) is 6.61 Å². The Morgan fingerprint density at radius 3 is 2.69 bits per heavy atom. The van der Waals surface area contributed by atoms with E-state index < -0.39 is 5.97 Å². The summed E-state index contributed by atoms with van der Waals surface area (Å²) >= 11 is 0. The molecule has 0 aliphatic carbocycles. The number of esters is 1. The van der Waals surface area contributed by atoms with Gasteiger partial charge in [-0.25, -0.2) is 4.79 Å². The molecule has 162 valence electrons. The smallest absolute Gasteiger partial charge is 0.337 e. The summed E-state index contributed by atoms with van der Waals surface area (Å²) in [7, 11) is 1.49. The molecule has 1 aromatic carbocycles. The first kappa shape index (κ1) is 24.7. The molecule has 0 spiro atoms. The van der Waals surface area contributed by atoms with Gasteiger partial charge in [-0.05, 0) is 42.9 Å². The minimum absolute atomic E-state index is 0.0179. The maximum Gasteiger partial charge on any atom is 0.337 e. The first-order valence-corrected chi connectivity index (χ1v) is 10.0. The lowest BCUT2D eigenvalue weighted by atomic mass is 10.1. The normalized spacial score (nSPS) is 11.1. The molecule has 29 heavy (non-hydrogen) atoms. The van der Waals surface area contributed by atoms with Gasteiger partial charge in [0.05, 0.1) is 13.7 Å². The first-order valence-electron chi connectivity index (χ1n) is 10.0. The Morgan fingerprint density at radius 1 is 1.21 bits per heavy atom. The van der Waals surface area contributed by atoms with Crippen molar-refractivity contribution < 1.29 is 23.8 Å². The van der Waals surface area contributed by atoms with Crippen LogP contribution in [0.25, 0.3) is 0 Å². The average Bonchev–Trinajstić information content (AvgIpc) is 2.69. The summed E-state index contributed by atoms with van der Waals surface area (Å²) in [6.45, 7) is 5.13. The standard InChI is InChI=1S/C22H34N2O5/c1-17(2)8-6-4-5-7-9-21(25)24-15-18-10-11-19(20(14-18)27-3)29-22(26)16-28-13-12-23/h6,8,10-11,14,17H,4-5,7,9,12-13,15-16,23H2,1-3H3,(H,24,25)/b8-6+. The highest BCUT2D eigenvalue weighted by Gasteiger charge is 2.11. The van der Waals surface area contributed by atoms with Gasteiger partial charge in [0.25, 0.3) is 0 Å². The fraction of sp³-hybridized carbons (Fsp3) is 0.545. The number of hydrogen-bond donors (Lipinski definition) is 2. The number of nitrogens with two attached hydrogens (primary N) is 1. The van der Waals surface area contributed by atoms with E-state index in [0.717, 1.165) is 24.8 Å². The molecular weight excluding hydrogens is 372 g/mol. The summed E-state index contributed by atoms with van der Waals surface area (Å²) in [4.78, 5) is 23.7. The Morgan fingerprint density at radius 2 is 2.00 bits per heavy atom. The van der Waals surface area contributed by atoms with E-state index in [1.54, 1.807) is 18.2 Å². The third-order valence-corrected chi connectivity index (χ3v) is 3.97. The van der Waals surface area contributed by atoms with E-state index in [0.29, 0.717) is 43.5 Å². The van der Waals surface area contributed by atoms with E-state index in [1.165, 1.54) is 7.11 Å². The maximum atomic E-state index is 12.0. The number of unbranched alkanes of at least 4 members (excludes halogenated alkanes) is 2. The molecule has 1 amide bonds. The van der Waals surface area contributed by atoms with Crippen molar-refractivity contribution in [3.05, 3.63) is 35.9 Å². The largest absolute Gasteiger partial charge is 0.493 e. The summed E-state index contributed by atoms with van der Waals surface area (Å²) in [5, 5.41) is 2.90. The van der Waals surface area contributed by atoms with Crippen LogP contribution in [0, 0.1) is 5.92 Å². The van der Waals surface area contributed by atoms with Crippen LogP contribution in [-0.4, -0.2) is 38.7 Å². The summed E-state index contributed by atoms with van der Waals surface area (Å²) in [5.41, 5.74) is 6.16. The van der Waals surface area contributed by atoms with Gasteiger partial charge in [0.2, 0.25) is 5.91 Å². The number of carbonyl (C=O) groups excluding carboxylic acids is 2. The van der Waals surface area contributed by atoms with Crippen molar-refractivity contribution >= 4 is 11.9 Å². The van der Waals surface area contributed by atoms with E-state index in [1.807, 2.05) is 0 Å². The van der Waals surface area contributed by atoms with Crippen molar-refractivity contribution in [2.45, 2.75) is 46.1 Å². The van der Waals surface area contributed by atoms with Crippen LogP contribution in [0.2, 0.25) is 0 Å². The van der Waals surface area contributed by atoms with Gasteiger partial charge >= 0.3 is 5.97 Å². The molecular formula is C22H34N2O5. The van der Waals surface area contributed by atoms with Crippen LogP contribution in [0.1, 0.15) is 45.1 Å². The Bertz CT molecular complexity index is 659. The zero-order valence-electron chi connectivity index (χ0n) is 17.7. The second kappa shape index (κ2) is 14.6. The van der Waals surface area contributed by atoms with E-state index in [9.17, 15) is 9.59 Å². The molecule has 7 nitrogen and oxygen atoms in total. The summed E-state index contributed by atoms with van der Waals surface area (Å²) < 4.78 is 15.6. The Kier molecular flexibility index (Phi) is 12.4. The van der Waals surface area contributed by atoms with E-state index in [-0.39, 0.29) is 12.5 Å². The van der Waals surface area contributed by atoms with Crippen molar-refractivity contribution in [2.75, 3.05) is 26.9 Å². The van der Waals surface area contributed by atoms with Crippen LogP contribution < -0.4 is 20.5 Å². The second-order valence-electron chi connectivity index (χ2n) is 7.00. The molecule has 0 atom stereocenters. The molecule has 0 saturated heterocycles. The van der Waals surface area contributed by atoms with Crippen LogP contribution in [0.4, 0.5) is 0 Å². The number of carbonyl (C=O) groups is 2. The zero-order valence-corrected chi connectivity index (χ0v) is 17.7. The lowest BCUT2D eigenvalue weighted by Crippen LogP contribution is -2.22. The van der Waals surface area contributed by atoms with Crippen molar-refractivity contribution in [1.29, 1.82) is 0 Å². The van der Waals surface area contributed by atoms with Gasteiger partial charge in [0, 0.05) is 19.5 Å². The predicted octanol–water partition coefficient (Wildman–Crippen LogP) is 2.96. The molecule has 0 aliphatic rings. The maximum absolute atomic E-state index is 12.0. The zero-order chi connectivity index (χ0) is 21.5. The molecule has 0 aliphatic heterocycles. The quantitative estimate of drug-likeness (QED) is 0.213. The summed E-state index contributed by atoms with van der Waals surface area (Å²) in [6.07, 6.45) is 7.72. The number of amides is 1. The van der Waals surface area contributed by atoms with Crippen LogP contribution in [-0.2, 0) is 20.9 Å². The first-order chi connectivity index (χ1) is 14.0. The van der Waals surface area contributed by atoms with E-state index in [2.05, 4.69) is 31.3 Å². The Balaban J connectivity index is 2.40. The summed E-state index contributed by atoms with van der Waals surface area (Å²) in [5.74, 6) is 0.777. The molecule has 0 fully saturated rings. The lowest BCUT2D eigenvalue weighted by molar-refractivity contribution is -0.139. The number of nitrogens with one attached hydrogen (secondary N) is 1. The fourth-order valence-electron chi connectivity index (χ4n) is 2.50. The van der Waals surface area contributed by atoms with Crippen molar-refractivity contribution in [1.82, 2.24) is 5.32 Å².